The minimum atomic E-state index is 0.313. The number of rotatable bonds is 3. The largest absolute Gasteiger partial charge is 0.300 e. The van der Waals surface area contributed by atoms with Crippen molar-refractivity contribution in [3.63, 3.8) is 0 Å². The van der Waals surface area contributed by atoms with Gasteiger partial charge in [-0.3, -0.25) is 4.79 Å². The molecule has 8 atom stereocenters. The van der Waals surface area contributed by atoms with Crippen LogP contribution in [-0.4, -0.2) is 5.78 Å². The van der Waals surface area contributed by atoms with Gasteiger partial charge in [0.15, 0.2) is 0 Å². The molecule has 1 heteroatoms. The normalized spacial score (nSPS) is 51.1. The van der Waals surface area contributed by atoms with Crippen molar-refractivity contribution in [2.24, 2.45) is 46.3 Å². The van der Waals surface area contributed by atoms with Crippen LogP contribution in [0, 0.1) is 46.3 Å². The molecule has 4 rings (SSSR count). The second-order valence-electron chi connectivity index (χ2n) is 11.2. The molecular formula is C25H42O. The second-order valence-corrected chi connectivity index (χ2v) is 11.2. The molecule has 26 heavy (non-hydrogen) atoms. The van der Waals surface area contributed by atoms with E-state index in [1.807, 2.05) is 6.92 Å². The number of hydrogen-bond donors (Lipinski definition) is 0. The molecule has 0 radical (unpaired) electrons. The van der Waals surface area contributed by atoms with Crippen molar-refractivity contribution >= 4 is 5.78 Å². The van der Waals surface area contributed by atoms with E-state index in [2.05, 4.69) is 20.8 Å². The van der Waals surface area contributed by atoms with Crippen LogP contribution in [0.15, 0.2) is 0 Å². The molecule has 6 unspecified atom stereocenters. The molecule has 4 aliphatic carbocycles. The van der Waals surface area contributed by atoms with E-state index in [0.717, 1.165) is 36.0 Å². The van der Waals surface area contributed by atoms with E-state index in [0.29, 0.717) is 22.5 Å². The Bertz CT molecular complexity index is 538. The molecule has 1 nitrogen and oxygen atoms in total. The van der Waals surface area contributed by atoms with Gasteiger partial charge < -0.3 is 0 Å². The first kappa shape index (κ1) is 19.0. The lowest BCUT2D eigenvalue weighted by Crippen LogP contribution is -2.56. The SMILES string of the molecule is CCC[C@H]1CCC2(C)C(CCC3C2CCC2(C)C3CCC[C@H]2C(C)=O)C1. The number of fused-ring (bicyclic) bond motifs is 5. The van der Waals surface area contributed by atoms with Crippen LogP contribution in [0.3, 0.4) is 0 Å². The Labute approximate surface area is 162 Å². The van der Waals surface area contributed by atoms with Crippen molar-refractivity contribution in [2.75, 3.05) is 0 Å². The van der Waals surface area contributed by atoms with E-state index in [4.69, 9.17) is 0 Å². The van der Waals surface area contributed by atoms with Crippen LogP contribution in [0.5, 0.6) is 0 Å². The summed E-state index contributed by atoms with van der Waals surface area (Å²) in [6.07, 6.45) is 16.9. The van der Waals surface area contributed by atoms with E-state index >= 15 is 0 Å². The van der Waals surface area contributed by atoms with Gasteiger partial charge >= 0.3 is 0 Å². The Morgan fingerprint density at radius 1 is 0.923 bits per heavy atom. The molecule has 0 aromatic rings. The summed E-state index contributed by atoms with van der Waals surface area (Å²) in [5, 5.41) is 0. The summed E-state index contributed by atoms with van der Waals surface area (Å²) in [6, 6.07) is 0. The van der Waals surface area contributed by atoms with Crippen LogP contribution in [0.2, 0.25) is 0 Å². The fourth-order valence-electron chi connectivity index (χ4n) is 8.88. The number of carbonyl (C=O) groups is 1. The fourth-order valence-corrected chi connectivity index (χ4v) is 8.88. The molecule has 148 valence electrons. The van der Waals surface area contributed by atoms with Crippen molar-refractivity contribution in [1.82, 2.24) is 0 Å². The molecule has 0 aliphatic heterocycles. The lowest BCUT2D eigenvalue weighted by molar-refractivity contribution is -0.156. The van der Waals surface area contributed by atoms with Crippen LogP contribution < -0.4 is 0 Å². The van der Waals surface area contributed by atoms with Crippen LogP contribution in [0.4, 0.5) is 0 Å². The van der Waals surface area contributed by atoms with Crippen molar-refractivity contribution in [1.29, 1.82) is 0 Å². The molecule has 0 amide bonds. The van der Waals surface area contributed by atoms with Crippen LogP contribution in [-0.2, 0) is 4.79 Å². The molecule has 0 N–H and O–H groups in total. The Hall–Kier alpha value is -0.330. The Kier molecular flexibility index (Phi) is 5.06. The third-order valence-electron chi connectivity index (χ3n) is 10.2. The maximum absolute atomic E-state index is 12.4. The molecule has 0 heterocycles. The van der Waals surface area contributed by atoms with Gasteiger partial charge in [-0.15, -0.1) is 0 Å². The number of Topliss-reactive ketones (excluding diaryl/α,β-unsaturated/α-hetero) is 1. The number of ketones is 1. The summed E-state index contributed by atoms with van der Waals surface area (Å²) < 4.78 is 0. The first-order valence-corrected chi connectivity index (χ1v) is 11.9. The van der Waals surface area contributed by atoms with Gasteiger partial charge in [-0.1, -0.05) is 40.0 Å². The molecule has 0 saturated heterocycles. The minimum absolute atomic E-state index is 0.313. The van der Waals surface area contributed by atoms with Crippen LogP contribution >= 0.6 is 0 Å². The summed E-state index contributed by atoms with van der Waals surface area (Å²) in [7, 11) is 0. The average Bonchev–Trinajstić information content (AvgIpc) is 2.60. The smallest absolute Gasteiger partial charge is 0.133 e. The molecule has 4 saturated carbocycles. The first-order valence-electron chi connectivity index (χ1n) is 11.9. The summed E-state index contributed by atoms with van der Waals surface area (Å²) in [4.78, 5) is 12.4. The van der Waals surface area contributed by atoms with Gasteiger partial charge in [0.25, 0.3) is 0 Å². The third-order valence-corrected chi connectivity index (χ3v) is 10.2. The standard InChI is InChI=1S/C25H42O/c1-5-7-18-12-14-24(3)19(16-18)10-11-20-22-9-6-8-21(17(2)26)25(22,4)15-13-23(20)24/h18-23H,5-16H2,1-4H3/t18-,19?,20?,21-,22?,23?,24?,25?/m0/s1. The molecule has 0 aromatic heterocycles. The predicted octanol–water partition coefficient (Wildman–Crippen LogP) is 7.04. The lowest BCUT2D eigenvalue weighted by Gasteiger charge is -2.64. The summed E-state index contributed by atoms with van der Waals surface area (Å²) in [5.41, 5.74) is 0.922. The van der Waals surface area contributed by atoms with Gasteiger partial charge in [0, 0.05) is 5.92 Å². The highest BCUT2D eigenvalue weighted by atomic mass is 16.1. The van der Waals surface area contributed by atoms with Gasteiger partial charge in [0.05, 0.1) is 0 Å². The quantitative estimate of drug-likeness (QED) is 0.528. The van der Waals surface area contributed by atoms with Crippen molar-refractivity contribution in [2.45, 2.75) is 105 Å². The van der Waals surface area contributed by atoms with E-state index in [9.17, 15) is 4.79 Å². The molecular weight excluding hydrogens is 316 g/mol. The Balaban J connectivity index is 1.56. The zero-order chi connectivity index (χ0) is 18.5. The lowest BCUT2D eigenvalue weighted by atomic mass is 9.41. The zero-order valence-corrected chi connectivity index (χ0v) is 17.9. The Morgan fingerprint density at radius 3 is 2.38 bits per heavy atom. The van der Waals surface area contributed by atoms with E-state index in [1.165, 1.54) is 70.6 Å². The maximum atomic E-state index is 12.4. The van der Waals surface area contributed by atoms with Crippen molar-refractivity contribution < 1.29 is 4.79 Å². The van der Waals surface area contributed by atoms with Gasteiger partial charge in [-0.2, -0.15) is 0 Å². The summed E-state index contributed by atoms with van der Waals surface area (Å²) >= 11 is 0. The zero-order valence-electron chi connectivity index (χ0n) is 17.9. The molecule has 4 fully saturated rings. The first-order chi connectivity index (χ1) is 12.4. The van der Waals surface area contributed by atoms with Gasteiger partial charge in [0.1, 0.15) is 5.78 Å². The highest BCUT2D eigenvalue weighted by Gasteiger charge is 2.59. The average molecular weight is 359 g/mol. The summed E-state index contributed by atoms with van der Waals surface area (Å²) in [5.74, 6) is 5.54. The predicted molar refractivity (Wildman–Crippen MR) is 109 cm³/mol. The van der Waals surface area contributed by atoms with Gasteiger partial charge in [0.2, 0.25) is 0 Å². The van der Waals surface area contributed by atoms with E-state index < -0.39 is 0 Å². The van der Waals surface area contributed by atoms with Gasteiger partial charge in [-0.25, -0.2) is 0 Å². The summed E-state index contributed by atoms with van der Waals surface area (Å²) in [6.45, 7) is 9.43. The van der Waals surface area contributed by atoms with Crippen LogP contribution in [0.25, 0.3) is 0 Å². The molecule has 0 bridgehead atoms. The van der Waals surface area contributed by atoms with Gasteiger partial charge in [-0.05, 0) is 105 Å². The maximum Gasteiger partial charge on any atom is 0.133 e. The molecule has 4 aliphatic rings. The van der Waals surface area contributed by atoms with Crippen molar-refractivity contribution in [3.05, 3.63) is 0 Å². The number of carbonyl (C=O) groups excluding carboxylic acids is 1. The highest BCUT2D eigenvalue weighted by molar-refractivity contribution is 5.79. The Morgan fingerprint density at radius 2 is 1.65 bits per heavy atom. The number of hydrogen-bond acceptors (Lipinski definition) is 1. The van der Waals surface area contributed by atoms with Crippen LogP contribution in [0.1, 0.15) is 105 Å². The third kappa shape index (κ3) is 2.82. The molecule has 0 spiro atoms. The van der Waals surface area contributed by atoms with Crippen molar-refractivity contribution in [3.8, 4) is 0 Å². The molecule has 0 aromatic carbocycles. The minimum Gasteiger partial charge on any atom is -0.300 e. The topological polar surface area (TPSA) is 17.1 Å². The monoisotopic (exact) mass is 358 g/mol. The van der Waals surface area contributed by atoms with E-state index in [-0.39, 0.29) is 0 Å². The second kappa shape index (κ2) is 6.93. The van der Waals surface area contributed by atoms with E-state index in [1.54, 1.807) is 0 Å². The highest BCUT2D eigenvalue weighted by Crippen LogP contribution is 2.67. The fraction of sp³-hybridized carbons (Fsp3) is 0.960.